The normalized spacial score (nSPS) is 12.4. The van der Waals surface area contributed by atoms with Crippen LogP contribution in [0.5, 0.6) is 0 Å². The Kier molecular flexibility index (Phi) is 4.98. The second kappa shape index (κ2) is 6.75. The predicted octanol–water partition coefficient (Wildman–Crippen LogP) is 1.63. The van der Waals surface area contributed by atoms with Gasteiger partial charge in [0.15, 0.2) is 0 Å². The fourth-order valence-electron chi connectivity index (χ4n) is 2.53. The van der Waals surface area contributed by atoms with Crippen molar-refractivity contribution in [3.63, 3.8) is 0 Å². The van der Waals surface area contributed by atoms with Crippen molar-refractivity contribution >= 4 is 0 Å². The fourth-order valence-corrected chi connectivity index (χ4v) is 2.53. The predicted molar refractivity (Wildman–Crippen MR) is 88.0 cm³/mol. The van der Waals surface area contributed by atoms with Crippen LogP contribution in [0.1, 0.15) is 36.1 Å². The zero-order valence-corrected chi connectivity index (χ0v) is 13.6. The minimum absolute atomic E-state index is 0.183. The summed E-state index contributed by atoms with van der Waals surface area (Å²) < 4.78 is 2.58. The summed E-state index contributed by atoms with van der Waals surface area (Å²) in [4.78, 5) is 23.8. The molecule has 1 aromatic carbocycles. The van der Waals surface area contributed by atoms with Crippen LogP contribution in [0, 0.1) is 6.92 Å². The quantitative estimate of drug-likeness (QED) is 0.913. The van der Waals surface area contributed by atoms with Gasteiger partial charge in [-0.15, -0.1) is 0 Å². The molecule has 22 heavy (non-hydrogen) atoms. The minimum Gasteiger partial charge on any atom is -0.306 e. The number of aromatic nitrogens is 2. The van der Waals surface area contributed by atoms with Gasteiger partial charge in [0.1, 0.15) is 0 Å². The van der Waals surface area contributed by atoms with Crippen molar-refractivity contribution < 1.29 is 0 Å². The molecule has 118 valence electrons. The largest absolute Gasteiger partial charge is 0.330 e. The number of hydrogen-bond acceptors (Lipinski definition) is 3. The molecule has 5 heteroatoms. The van der Waals surface area contributed by atoms with Crippen LogP contribution in [-0.2, 0) is 20.6 Å². The number of hydrogen-bond donors (Lipinski definition) is 1. The topological polar surface area (TPSA) is 56.0 Å². The van der Waals surface area contributed by atoms with Crippen LogP contribution < -0.4 is 16.6 Å². The van der Waals surface area contributed by atoms with Gasteiger partial charge in [-0.05, 0) is 18.9 Å². The molecule has 0 aliphatic rings. The molecule has 2 rings (SSSR count). The van der Waals surface area contributed by atoms with Gasteiger partial charge in [0.05, 0.1) is 0 Å². The number of nitrogens with one attached hydrogen (secondary N) is 1. The third kappa shape index (κ3) is 3.36. The number of nitrogens with zero attached hydrogens (tertiary/aromatic N) is 2. The van der Waals surface area contributed by atoms with Crippen molar-refractivity contribution in [3.8, 4) is 0 Å². The van der Waals surface area contributed by atoms with E-state index < -0.39 is 0 Å². The first-order valence-corrected chi connectivity index (χ1v) is 7.49. The summed E-state index contributed by atoms with van der Waals surface area (Å²) in [6.07, 6.45) is 2.54. The lowest BCUT2D eigenvalue weighted by Gasteiger charge is -2.18. The standard InChI is InChI=1S/C17H23N3O2/c1-5-15(13-8-6-12(2)7-9-13)18-10-14-11-19(3)17(22)20(4)16(14)21/h6-9,11,15,18H,5,10H2,1-4H3. The minimum atomic E-state index is -0.306. The molecule has 0 bridgehead atoms. The molecule has 0 spiro atoms. The third-order valence-electron chi connectivity index (χ3n) is 3.94. The molecule has 1 atom stereocenters. The summed E-state index contributed by atoms with van der Waals surface area (Å²) >= 11 is 0. The molecule has 2 aromatic rings. The molecule has 5 nitrogen and oxygen atoms in total. The monoisotopic (exact) mass is 301 g/mol. The van der Waals surface area contributed by atoms with E-state index in [2.05, 4.69) is 43.4 Å². The van der Waals surface area contributed by atoms with Gasteiger partial charge in [-0.3, -0.25) is 9.36 Å². The first-order valence-electron chi connectivity index (χ1n) is 7.49. The average molecular weight is 301 g/mol. The van der Waals surface area contributed by atoms with Gasteiger partial charge in [-0.25, -0.2) is 4.79 Å². The second-order valence-electron chi connectivity index (χ2n) is 5.66. The SMILES string of the molecule is CCC(NCc1cn(C)c(=O)n(C)c1=O)c1ccc(C)cc1. The first-order chi connectivity index (χ1) is 10.4. The highest BCUT2D eigenvalue weighted by Crippen LogP contribution is 2.17. The maximum absolute atomic E-state index is 12.1. The Morgan fingerprint density at radius 2 is 1.77 bits per heavy atom. The Morgan fingerprint density at radius 3 is 2.36 bits per heavy atom. The number of benzene rings is 1. The molecular weight excluding hydrogens is 278 g/mol. The van der Waals surface area contributed by atoms with Crippen LogP contribution in [0.4, 0.5) is 0 Å². The molecule has 0 saturated carbocycles. The molecule has 0 aliphatic heterocycles. The van der Waals surface area contributed by atoms with E-state index in [1.807, 2.05) is 0 Å². The molecular formula is C17H23N3O2. The Bertz CT molecular complexity index is 757. The van der Waals surface area contributed by atoms with Gasteiger partial charge in [0.2, 0.25) is 0 Å². The summed E-state index contributed by atoms with van der Waals surface area (Å²) in [5, 5.41) is 3.41. The van der Waals surface area contributed by atoms with Gasteiger partial charge < -0.3 is 9.88 Å². The molecule has 1 unspecified atom stereocenters. The molecule has 0 aliphatic carbocycles. The maximum atomic E-state index is 12.1. The molecule has 0 radical (unpaired) electrons. The Hall–Kier alpha value is -2.14. The van der Waals surface area contributed by atoms with Gasteiger partial charge in [-0.1, -0.05) is 36.8 Å². The Morgan fingerprint density at radius 1 is 1.14 bits per heavy atom. The van der Waals surface area contributed by atoms with E-state index in [0.29, 0.717) is 12.1 Å². The molecule has 1 heterocycles. The fraction of sp³-hybridized carbons (Fsp3) is 0.412. The van der Waals surface area contributed by atoms with Crippen LogP contribution in [0.3, 0.4) is 0 Å². The van der Waals surface area contributed by atoms with Crippen molar-refractivity contribution in [3.05, 3.63) is 68.0 Å². The van der Waals surface area contributed by atoms with Crippen molar-refractivity contribution in [2.24, 2.45) is 14.1 Å². The smallest absolute Gasteiger partial charge is 0.306 e. The molecule has 0 amide bonds. The van der Waals surface area contributed by atoms with Gasteiger partial charge in [0.25, 0.3) is 5.56 Å². The van der Waals surface area contributed by atoms with Crippen LogP contribution in [0.15, 0.2) is 40.1 Å². The van der Waals surface area contributed by atoms with E-state index in [1.54, 1.807) is 13.2 Å². The summed E-state index contributed by atoms with van der Waals surface area (Å²) in [5.74, 6) is 0. The lowest BCUT2D eigenvalue weighted by molar-refractivity contribution is 0.510. The zero-order valence-electron chi connectivity index (χ0n) is 13.6. The lowest BCUT2D eigenvalue weighted by atomic mass is 10.0. The van der Waals surface area contributed by atoms with Crippen molar-refractivity contribution in [2.45, 2.75) is 32.9 Å². The van der Waals surface area contributed by atoms with Crippen LogP contribution in [0.2, 0.25) is 0 Å². The Labute approximate surface area is 130 Å². The molecule has 0 saturated heterocycles. The van der Waals surface area contributed by atoms with Gasteiger partial charge in [-0.2, -0.15) is 0 Å². The van der Waals surface area contributed by atoms with Crippen LogP contribution in [0.25, 0.3) is 0 Å². The highest BCUT2D eigenvalue weighted by atomic mass is 16.2. The Balaban J connectivity index is 2.19. The van der Waals surface area contributed by atoms with Gasteiger partial charge >= 0.3 is 5.69 Å². The van der Waals surface area contributed by atoms with Crippen molar-refractivity contribution in [1.29, 1.82) is 0 Å². The summed E-state index contributed by atoms with van der Waals surface area (Å²) in [6, 6.07) is 8.57. The molecule has 1 aromatic heterocycles. The van der Waals surface area contributed by atoms with Crippen molar-refractivity contribution in [1.82, 2.24) is 14.5 Å². The highest BCUT2D eigenvalue weighted by Gasteiger charge is 2.11. The average Bonchev–Trinajstić information content (AvgIpc) is 2.52. The van der Waals surface area contributed by atoms with E-state index in [4.69, 9.17) is 0 Å². The molecule has 0 fully saturated rings. The number of aryl methyl sites for hydroxylation is 2. The first kappa shape index (κ1) is 16.2. The second-order valence-corrected chi connectivity index (χ2v) is 5.66. The van der Waals surface area contributed by atoms with E-state index in [0.717, 1.165) is 11.0 Å². The van der Waals surface area contributed by atoms with Gasteiger partial charge in [0, 0.05) is 38.4 Å². The summed E-state index contributed by atoms with van der Waals surface area (Å²) in [6.45, 7) is 4.61. The maximum Gasteiger partial charge on any atom is 0.330 e. The highest BCUT2D eigenvalue weighted by molar-refractivity contribution is 5.24. The van der Waals surface area contributed by atoms with E-state index in [-0.39, 0.29) is 17.3 Å². The van der Waals surface area contributed by atoms with E-state index in [9.17, 15) is 9.59 Å². The molecule has 1 N–H and O–H groups in total. The zero-order chi connectivity index (χ0) is 16.3. The lowest BCUT2D eigenvalue weighted by Crippen LogP contribution is -2.39. The van der Waals surface area contributed by atoms with Crippen LogP contribution in [-0.4, -0.2) is 9.13 Å². The number of rotatable bonds is 5. The van der Waals surface area contributed by atoms with Crippen LogP contribution >= 0.6 is 0 Å². The summed E-state index contributed by atoms with van der Waals surface area (Å²) in [5.41, 5.74) is 2.48. The summed E-state index contributed by atoms with van der Waals surface area (Å²) in [7, 11) is 3.16. The van der Waals surface area contributed by atoms with E-state index in [1.165, 1.54) is 22.7 Å². The third-order valence-corrected chi connectivity index (χ3v) is 3.94. The van der Waals surface area contributed by atoms with Crippen molar-refractivity contribution in [2.75, 3.05) is 0 Å². The van der Waals surface area contributed by atoms with E-state index >= 15 is 0 Å².